The molecule has 0 aliphatic carbocycles. The van der Waals surface area contributed by atoms with Crippen LogP contribution in [0.2, 0.25) is 0 Å². The summed E-state index contributed by atoms with van der Waals surface area (Å²) in [5.41, 5.74) is 0.364. The van der Waals surface area contributed by atoms with Gasteiger partial charge in [-0.2, -0.15) is 0 Å². The molecule has 0 N–H and O–H groups in total. The van der Waals surface area contributed by atoms with Gasteiger partial charge in [-0.25, -0.2) is 0 Å². The fourth-order valence-corrected chi connectivity index (χ4v) is 2.43. The number of hydrogen-bond acceptors (Lipinski definition) is 3. The van der Waals surface area contributed by atoms with Crippen molar-refractivity contribution in [2.75, 3.05) is 26.3 Å². The standard InChI is InChI=1S/C13H27NO2/c1-5-15-12(16-6-2)8-11-14-10-7-9-13(14,3)4/h12H,5-11H2,1-4H3. The SMILES string of the molecule is CCOC(CCN1CCCC1(C)C)OCC. The molecule has 0 saturated carbocycles. The molecule has 1 heterocycles. The van der Waals surface area contributed by atoms with Crippen molar-refractivity contribution in [3.63, 3.8) is 0 Å². The molecule has 0 unspecified atom stereocenters. The van der Waals surface area contributed by atoms with Crippen molar-refractivity contribution in [2.24, 2.45) is 0 Å². The van der Waals surface area contributed by atoms with Crippen molar-refractivity contribution in [3.05, 3.63) is 0 Å². The van der Waals surface area contributed by atoms with Crippen LogP contribution in [0.1, 0.15) is 47.0 Å². The van der Waals surface area contributed by atoms with E-state index >= 15 is 0 Å². The number of likely N-dealkylation sites (tertiary alicyclic amines) is 1. The minimum absolute atomic E-state index is 0.0219. The first kappa shape index (κ1) is 13.9. The van der Waals surface area contributed by atoms with Crippen molar-refractivity contribution in [1.82, 2.24) is 4.90 Å². The molecule has 16 heavy (non-hydrogen) atoms. The maximum absolute atomic E-state index is 5.56. The topological polar surface area (TPSA) is 21.7 Å². The van der Waals surface area contributed by atoms with Crippen molar-refractivity contribution in [3.8, 4) is 0 Å². The van der Waals surface area contributed by atoms with Gasteiger partial charge in [-0.1, -0.05) is 0 Å². The number of nitrogens with zero attached hydrogens (tertiary/aromatic N) is 1. The van der Waals surface area contributed by atoms with Crippen LogP contribution >= 0.6 is 0 Å². The zero-order valence-electron chi connectivity index (χ0n) is 11.3. The van der Waals surface area contributed by atoms with Crippen LogP contribution < -0.4 is 0 Å². The molecule has 0 aromatic rings. The minimum atomic E-state index is -0.0219. The van der Waals surface area contributed by atoms with Gasteiger partial charge in [0, 0.05) is 31.7 Å². The molecule has 0 spiro atoms. The summed E-state index contributed by atoms with van der Waals surface area (Å²) in [5.74, 6) is 0. The van der Waals surface area contributed by atoms with Gasteiger partial charge in [0.25, 0.3) is 0 Å². The summed E-state index contributed by atoms with van der Waals surface area (Å²) in [5, 5.41) is 0. The first-order chi connectivity index (χ1) is 7.60. The molecule has 1 aliphatic heterocycles. The van der Waals surface area contributed by atoms with Crippen LogP contribution in [0.3, 0.4) is 0 Å². The predicted molar refractivity (Wildman–Crippen MR) is 66.5 cm³/mol. The lowest BCUT2D eigenvalue weighted by Crippen LogP contribution is -2.40. The Hall–Kier alpha value is -0.120. The zero-order chi connectivity index (χ0) is 12.0. The molecule has 0 radical (unpaired) electrons. The minimum Gasteiger partial charge on any atom is -0.353 e. The zero-order valence-corrected chi connectivity index (χ0v) is 11.3. The van der Waals surface area contributed by atoms with Gasteiger partial charge in [-0.3, -0.25) is 4.90 Å². The third-order valence-corrected chi connectivity index (χ3v) is 3.41. The molecule has 0 bridgehead atoms. The van der Waals surface area contributed by atoms with Gasteiger partial charge in [0.05, 0.1) is 0 Å². The van der Waals surface area contributed by atoms with Crippen LogP contribution in [0.15, 0.2) is 0 Å². The highest BCUT2D eigenvalue weighted by molar-refractivity contribution is 4.87. The normalized spacial score (nSPS) is 20.8. The lowest BCUT2D eigenvalue weighted by atomic mass is 10.0. The number of rotatable bonds is 7. The van der Waals surface area contributed by atoms with Crippen LogP contribution in [0.25, 0.3) is 0 Å². The van der Waals surface area contributed by atoms with Crippen LogP contribution in [0.4, 0.5) is 0 Å². The van der Waals surface area contributed by atoms with E-state index in [1.54, 1.807) is 0 Å². The van der Waals surface area contributed by atoms with E-state index in [4.69, 9.17) is 9.47 Å². The highest BCUT2D eigenvalue weighted by Gasteiger charge is 2.31. The highest BCUT2D eigenvalue weighted by Crippen LogP contribution is 2.28. The van der Waals surface area contributed by atoms with E-state index in [9.17, 15) is 0 Å². The lowest BCUT2D eigenvalue weighted by Gasteiger charge is -2.32. The van der Waals surface area contributed by atoms with E-state index in [-0.39, 0.29) is 6.29 Å². The average molecular weight is 229 g/mol. The molecule has 3 heteroatoms. The van der Waals surface area contributed by atoms with E-state index in [1.807, 2.05) is 13.8 Å². The Morgan fingerprint density at radius 2 is 1.81 bits per heavy atom. The van der Waals surface area contributed by atoms with Crippen LogP contribution in [0, 0.1) is 0 Å². The monoisotopic (exact) mass is 229 g/mol. The second kappa shape index (κ2) is 6.58. The molecule has 96 valence electrons. The molecule has 1 aliphatic rings. The fourth-order valence-electron chi connectivity index (χ4n) is 2.43. The summed E-state index contributed by atoms with van der Waals surface area (Å²) in [6.07, 6.45) is 3.58. The predicted octanol–water partition coefficient (Wildman–Crippen LogP) is 2.65. The molecule has 0 amide bonds. The second-order valence-electron chi connectivity index (χ2n) is 5.03. The van der Waals surface area contributed by atoms with Crippen LogP contribution in [0.5, 0.6) is 0 Å². The van der Waals surface area contributed by atoms with Gasteiger partial charge in [0.2, 0.25) is 0 Å². The van der Waals surface area contributed by atoms with Gasteiger partial charge in [0.1, 0.15) is 0 Å². The smallest absolute Gasteiger partial charge is 0.158 e. The molecule has 1 rings (SSSR count). The Kier molecular flexibility index (Phi) is 5.73. The molecule has 0 aromatic carbocycles. The summed E-state index contributed by atoms with van der Waals surface area (Å²) in [7, 11) is 0. The van der Waals surface area contributed by atoms with E-state index in [2.05, 4.69) is 18.7 Å². The maximum atomic E-state index is 5.56. The van der Waals surface area contributed by atoms with E-state index < -0.39 is 0 Å². The molecule has 3 nitrogen and oxygen atoms in total. The highest BCUT2D eigenvalue weighted by atomic mass is 16.7. The third-order valence-electron chi connectivity index (χ3n) is 3.41. The van der Waals surface area contributed by atoms with Crippen molar-refractivity contribution >= 4 is 0 Å². The molecule has 1 fully saturated rings. The summed E-state index contributed by atoms with van der Waals surface area (Å²) < 4.78 is 11.1. The average Bonchev–Trinajstić information content (AvgIpc) is 2.55. The lowest BCUT2D eigenvalue weighted by molar-refractivity contribution is -0.142. The van der Waals surface area contributed by atoms with Gasteiger partial charge < -0.3 is 9.47 Å². The van der Waals surface area contributed by atoms with E-state index in [0.717, 1.165) is 26.2 Å². The number of ether oxygens (including phenoxy) is 2. The summed E-state index contributed by atoms with van der Waals surface area (Å²) in [6, 6.07) is 0. The first-order valence-electron chi connectivity index (χ1n) is 6.58. The first-order valence-corrected chi connectivity index (χ1v) is 6.58. The Morgan fingerprint density at radius 3 is 2.25 bits per heavy atom. The van der Waals surface area contributed by atoms with E-state index in [0.29, 0.717) is 5.54 Å². The summed E-state index contributed by atoms with van der Waals surface area (Å²) >= 11 is 0. The Labute approximate surface area is 100 Å². The van der Waals surface area contributed by atoms with Crippen molar-refractivity contribution in [1.29, 1.82) is 0 Å². The van der Waals surface area contributed by atoms with Crippen molar-refractivity contribution in [2.45, 2.75) is 58.8 Å². The summed E-state index contributed by atoms with van der Waals surface area (Å²) in [6.45, 7) is 12.5. The molecule has 0 atom stereocenters. The van der Waals surface area contributed by atoms with Gasteiger partial charge in [-0.05, 0) is 47.1 Å². The van der Waals surface area contributed by atoms with Gasteiger partial charge >= 0.3 is 0 Å². The molecular formula is C13H27NO2. The molecule has 1 saturated heterocycles. The van der Waals surface area contributed by atoms with Gasteiger partial charge in [-0.15, -0.1) is 0 Å². The Morgan fingerprint density at radius 1 is 1.19 bits per heavy atom. The van der Waals surface area contributed by atoms with Gasteiger partial charge in [0.15, 0.2) is 6.29 Å². The van der Waals surface area contributed by atoms with Crippen molar-refractivity contribution < 1.29 is 9.47 Å². The largest absolute Gasteiger partial charge is 0.353 e. The Bertz CT molecular complexity index is 188. The molecule has 0 aromatic heterocycles. The number of hydrogen-bond donors (Lipinski definition) is 0. The second-order valence-corrected chi connectivity index (χ2v) is 5.03. The molecular weight excluding hydrogens is 202 g/mol. The van der Waals surface area contributed by atoms with Crippen LogP contribution in [-0.2, 0) is 9.47 Å². The Balaban J connectivity index is 2.30. The summed E-state index contributed by atoms with van der Waals surface area (Å²) in [4.78, 5) is 2.55. The third kappa shape index (κ3) is 4.04. The quantitative estimate of drug-likeness (QED) is 0.626. The van der Waals surface area contributed by atoms with E-state index in [1.165, 1.54) is 19.4 Å². The van der Waals surface area contributed by atoms with Crippen LogP contribution in [-0.4, -0.2) is 43.0 Å². The maximum Gasteiger partial charge on any atom is 0.158 e. The fraction of sp³-hybridized carbons (Fsp3) is 1.00.